The summed E-state index contributed by atoms with van der Waals surface area (Å²) in [4.78, 5) is 24.0. The first kappa shape index (κ1) is 15.1. The van der Waals surface area contributed by atoms with Crippen LogP contribution in [0.4, 0.5) is 10.5 Å². The zero-order chi connectivity index (χ0) is 16.4. The number of carbonyl (C=O) groups is 2. The van der Waals surface area contributed by atoms with Crippen LogP contribution in [0.15, 0.2) is 54.7 Å². The van der Waals surface area contributed by atoms with Crippen molar-refractivity contribution in [1.29, 1.82) is 0 Å². The van der Waals surface area contributed by atoms with Crippen molar-refractivity contribution in [2.45, 2.75) is 0 Å². The molecular weight excluding hydrogens is 314 g/mol. The van der Waals surface area contributed by atoms with Gasteiger partial charge in [-0.25, -0.2) is 4.79 Å². The van der Waals surface area contributed by atoms with E-state index < -0.39 is 11.9 Å². The van der Waals surface area contributed by atoms with Gasteiger partial charge in [-0.05, 0) is 42.5 Å². The third kappa shape index (κ3) is 3.35. The Hall–Kier alpha value is -2.79. The van der Waals surface area contributed by atoms with E-state index in [1.807, 2.05) is 29.9 Å². The zero-order valence-electron chi connectivity index (χ0n) is 12.3. The minimum atomic E-state index is -0.606. The number of amides is 3. The molecule has 1 heterocycles. The molecule has 0 bridgehead atoms. The van der Waals surface area contributed by atoms with E-state index >= 15 is 0 Å². The molecule has 0 aliphatic heterocycles. The van der Waals surface area contributed by atoms with E-state index in [9.17, 15) is 9.59 Å². The molecule has 0 saturated heterocycles. The normalized spacial score (nSPS) is 10.5. The van der Waals surface area contributed by atoms with Gasteiger partial charge in [-0.3, -0.25) is 10.1 Å². The fourth-order valence-corrected chi connectivity index (χ4v) is 2.52. The highest BCUT2D eigenvalue weighted by atomic mass is 35.5. The molecule has 0 atom stereocenters. The average Bonchev–Trinajstić information content (AvgIpc) is 2.88. The first-order valence-corrected chi connectivity index (χ1v) is 7.34. The number of hydrogen-bond donors (Lipinski definition) is 2. The molecule has 3 aromatic rings. The molecule has 23 heavy (non-hydrogen) atoms. The van der Waals surface area contributed by atoms with Crippen LogP contribution in [0, 0.1) is 0 Å². The fourth-order valence-electron chi connectivity index (χ4n) is 2.33. The zero-order valence-corrected chi connectivity index (χ0v) is 13.1. The first-order chi connectivity index (χ1) is 11.0. The van der Waals surface area contributed by atoms with E-state index in [0.29, 0.717) is 16.3 Å². The molecule has 0 radical (unpaired) electrons. The molecule has 1 aromatic heterocycles. The van der Waals surface area contributed by atoms with Crippen LogP contribution in [0.1, 0.15) is 10.4 Å². The topological polar surface area (TPSA) is 63.1 Å². The minimum absolute atomic E-state index is 0.421. The van der Waals surface area contributed by atoms with Gasteiger partial charge in [0.25, 0.3) is 5.91 Å². The number of aryl methyl sites for hydroxylation is 1. The third-order valence-electron chi connectivity index (χ3n) is 3.46. The van der Waals surface area contributed by atoms with Crippen LogP contribution < -0.4 is 10.6 Å². The molecule has 0 spiro atoms. The van der Waals surface area contributed by atoms with E-state index in [1.165, 1.54) is 0 Å². The number of nitrogens with zero attached hydrogens (tertiary/aromatic N) is 1. The fraction of sp³-hybridized carbons (Fsp3) is 0.0588. The maximum absolute atomic E-state index is 12.2. The molecule has 0 unspecified atom stereocenters. The predicted octanol–water partition coefficient (Wildman–Crippen LogP) is 3.79. The van der Waals surface area contributed by atoms with Crippen molar-refractivity contribution in [3.8, 4) is 0 Å². The molecule has 0 aliphatic rings. The molecule has 5 nitrogen and oxygen atoms in total. The maximum atomic E-state index is 12.2. The molecule has 0 aliphatic carbocycles. The van der Waals surface area contributed by atoms with E-state index in [4.69, 9.17) is 11.6 Å². The van der Waals surface area contributed by atoms with Crippen LogP contribution in [-0.2, 0) is 7.05 Å². The van der Waals surface area contributed by atoms with Crippen molar-refractivity contribution >= 4 is 40.1 Å². The van der Waals surface area contributed by atoms with Gasteiger partial charge in [0.05, 0.1) is 0 Å². The summed E-state index contributed by atoms with van der Waals surface area (Å²) < 4.78 is 1.96. The van der Waals surface area contributed by atoms with Crippen molar-refractivity contribution in [3.05, 3.63) is 65.3 Å². The SMILES string of the molecule is Cn1ccc2cc(C(=O)NC(=O)Nc3cccc(Cl)c3)ccc21. The highest BCUT2D eigenvalue weighted by Gasteiger charge is 2.11. The number of aromatic nitrogens is 1. The van der Waals surface area contributed by atoms with Crippen molar-refractivity contribution < 1.29 is 9.59 Å². The Morgan fingerprint density at radius 2 is 1.91 bits per heavy atom. The molecule has 2 N–H and O–H groups in total. The standard InChI is InChI=1S/C17H14ClN3O2/c1-21-8-7-11-9-12(5-6-15(11)21)16(22)20-17(23)19-14-4-2-3-13(18)10-14/h2-10H,1H3,(H2,19,20,22,23). The molecule has 3 rings (SSSR count). The van der Waals surface area contributed by atoms with Gasteiger partial charge in [0.1, 0.15) is 0 Å². The van der Waals surface area contributed by atoms with E-state index in [0.717, 1.165) is 10.9 Å². The van der Waals surface area contributed by atoms with Crippen LogP contribution in [0.25, 0.3) is 10.9 Å². The summed E-state index contributed by atoms with van der Waals surface area (Å²) in [5.41, 5.74) is 1.95. The predicted molar refractivity (Wildman–Crippen MR) is 90.9 cm³/mol. The number of halogens is 1. The highest BCUT2D eigenvalue weighted by molar-refractivity contribution is 6.30. The van der Waals surface area contributed by atoms with Gasteiger partial charge in [-0.15, -0.1) is 0 Å². The largest absolute Gasteiger partial charge is 0.351 e. The Morgan fingerprint density at radius 3 is 2.70 bits per heavy atom. The number of imide groups is 1. The third-order valence-corrected chi connectivity index (χ3v) is 3.69. The summed E-state index contributed by atoms with van der Waals surface area (Å²) in [6.45, 7) is 0. The molecule has 0 fully saturated rings. The second-order valence-corrected chi connectivity index (χ2v) is 5.56. The number of hydrogen-bond acceptors (Lipinski definition) is 2. The van der Waals surface area contributed by atoms with Crippen LogP contribution in [0.2, 0.25) is 5.02 Å². The average molecular weight is 328 g/mol. The Morgan fingerprint density at radius 1 is 1.09 bits per heavy atom. The highest BCUT2D eigenvalue weighted by Crippen LogP contribution is 2.17. The van der Waals surface area contributed by atoms with Crippen molar-refractivity contribution in [1.82, 2.24) is 9.88 Å². The molecule has 2 aromatic carbocycles. The van der Waals surface area contributed by atoms with E-state index in [2.05, 4.69) is 10.6 Å². The van der Waals surface area contributed by atoms with Gasteiger partial charge in [-0.1, -0.05) is 17.7 Å². The second kappa shape index (κ2) is 6.14. The second-order valence-electron chi connectivity index (χ2n) is 5.12. The minimum Gasteiger partial charge on any atom is -0.351 e. The number of rotatable bonds is 2. The monoisotopic (exact) mass is 327 g/mol. The summed E-state index contributed by atoms with van der Waals surface area (Å²) in [6, 6.07) is 13.3. The summed E-state index contributed by atoms with van der Waals surface area (Å²) in [7, 11) is 1.93. The van der Waals surface area contributed by atoms with Gasteiger partial charge in [0.15, 0.2) is 0 Å². The number of carbonyl (C=O) groups excluding carboxylic acids is 2. The van der Waals surface area contributed by atoms with Crippen molar-refractivity contribution in [3.63, 3.8) is 0 Å². The van der Waals surface area contributed by atoms with Gasteiger partial charge in [-0.2, -0.15) is 0 Å². The number of nitrogens with one attached hydrogen (secondary N) is 2. The van der Waals surface area contributed by atoms with Gasteiger partial charge >= 0.3 is 6.03 Å². The van der Waals surface area contributed by atoms with Gasteiger partial charge in [0, 0.05) is 40.4 Å². The lowest BCUT2D eigenvalue weighted by Crippen LogP contribution is -2.34. The summed E-state index contributed by atoms with van der Waals surface area (Å²) >= 11 is 5.85. The Bertz CT molecular complexity index is 902. The van der Waals surface area contributed by atoms with Crippen LogP contribution >= 0.6 is 11.6 Å². The number of fused-ring (bicyclic) bond motifs is 1. The maximum Gasteiger partial charge on any atom is 0.326 e. The summed E-state index contributed by atoms with van der Waals surface area (Å²) in [6.07, 6.45) is 1.91. The van der Waals surface area contributed by atoms with E-state index in [1.54, 1.807) is 36.4 Å². The van der Waals surface area contributed by atoms with Crippen LogP contribution in [0.3, 0.4) is 0 Å². The quantitative estimate of drug-likeness (QED) is 0.752. The lowest BCUT2D eigenvalue weighted by atomic mass is 10.1. The lowest BCUT2D eigenvalue weighted by Gasteiger charge is -2.07. The molecule has 0 saturated carbocycles. The van der Waals surface area contributed by atoms with Crippen LogP contribution in [0.5, 0.6) is 0 Å². The van der Waals surface area contributed by atoms with Crippen molar-refractivity contribution in [2.75, 3.05) is 5.32 Å². The number of urea groups is 1. The Kier molecular flexibility index (Phi) is 4.04. The van der Waals surface area contributed by atoms with Crippen LogP contribution in [-0.4, -0.2) is 16.5 Å². The van der Waals surface area contributed by atoms with Gasteiger partial charge < -0.3 is 9.88 Å². The van der Waals surface area contributed by atoms with Gasteiger partial charge in [0.2, 0.25) is 0 Å². The Labute approximate surface area is 137 Å². The smallest absolute Gasteiger partial charge is 0.326 e. The Balaban J connectivity index is 1.71. The first-order valence-electron chi connectivity index (χ1n) is 6.96. The summed E-state index contributed by atoms with van der Waals surface area (Å²) in [5, 5.41) is 6.31. The number of benzene rings is 2. The molecule has 6 heteroatoms. The number of anilines is 1. The molecular formula is C17H14ClN3O2. The van der Waals surface area contributed by atoms with E-state index in [-0.39, 0.29) is 0 Å². The molecule has 3 amide bonds. The summed E-state index contributed by atoms with van der Waals surface area (Å²) in [5.74, 6) is -0.463. The molecule has 116 valence electrons. The van der Waals surface area contributed by atoms with Crippen molar-refractivity contribution in [2.24, 2.45) is 7.05 Å². The lowest BCUT2D eigenvalue weighted by molar-refractivity contribution is 0.0967.